The van der Waals surface area contributed by atoms with Gasteiger partial charge in [-0.05, 0) is 18.1 Å². The molecule has 0 spiro atoms. The molecule has 0 unspecified atom stereocenters. The highest BCUT2D eigenvalue weighted by atomic mass is 32.2. The highest BCUT2D eigenvalue weighted by molar-refractivity contribution is 8.26. The molecule has 2 aromatic heterocycles. The molecule has 8 heteroatoms. The fourth-order valence-corrected chi connectivity index (χ4v) is 4.04. The number of aromatic nitrogens is 1. The number of hydrogen-bond donors (Lipinski definition) is 2. The van der Waals surface area contributed by atoms with Crippen LogP contribution in [0.4, 0.5) is 0 Å². The van der Waals surface area contributed by atoms with Crippen LogP contribution in [-0.2, 0) is 22.4 Å². The largest absolute Gasteiger partial charge is 0.456 e. The number of thioether (sulfide) groups is 1. The molecule has 146 valence electrons. The van der Waals surface area contributed by atoms with E-state index >= 15 is 0 Å². The molecule has 0 aliphatic carbocycles. The van der Waals surface area contributed by atoms with E-state index < -0.39 is 0 Å². The van der Waals surface area contributed by atoms with Gasteiger partial charge in [0.2, 0.25) is 5.91 Å². The van der Waals surface area contributed by atoms with Crippen LogP contribution in [0.15, 0.2) is 58.1 Å². The normalized spacial score (nSPS) is 15.1. The van der Waals surface area contributed by atoms with Gasteiger partial charge in [-0.3, -0.25) is 14.6 Å². The molecule has 1 aromatic carbocycles. The van der Waals surface area contributed by atoms with Crippen molar-refractivity contribution in [2.45, 2.75) is 12.8 Å². The molecule has 1 aliphatic heterocycles. The molecule has 4 rings (SSSR count). The van der Waals surface area contributed by atoms with Gasteiger partial charge < -0.3 is 15.1 Å². The van der Waals surface area contributed by atoms with Crippen molar-refractivity contribution in [3.63, 3.8) is 0 Å². The second kappa shape index (κ2) is 8.59. The molecule has 1 aliphatic rings. The summed E-state index contributed by atoms with van der Waals surface area (Å²) in [6.45, 7) is 0.563. The lowest BCUT2D eigenvalue weighted by Crippen LogP contribution is -2.27. The number of amides is 2. The Hall–Kier alpha value is -2.97. The zero-order chi connectivity index (χ0) is 20.2. The second-order valence-electron chi connectivity index (χ2n) is 6.48. The van der Waals surface area contributed by atoms with Crippen LogP contribution in [0.25, 0.3) is 17.0 Å². The summed E-state index contributed by atoms with van der Waals surface area (Å²) >= 11 is 6.19. The van der Waals surface area contributed by atoms with Crippen molar-refractivity contribution < 1.29 is 14.0 Å². The summed E-state index contributed by atoms with van der Waals surface area (Å²) in [6.07, 6.45) is 5.88. The first kappa shape index (κ1) is 19.4. The first-order valence-corrected chi connectivity index (χ1v) is 10.2. The summed E-state index contributed by atoms with van der Waals surface area (Å²) in [5.41, 5.74) is 2.47. The van der Waals surface area contributed by atoms with E-state index in [4.69, 9.17) is 16.6 Å². The molecule has 3 heterocycles. The molecule has 2 amide bonds. The van der Waals surface area contributed by atoms with Gasteiger partial charge in [-0.25, -0.2) is 0 Å². The lowest BCUT2D eigenvalue weighted by atomic mass is 10.1. The van der Waals surface area contributed by atoms with E-state index in [1.54, 1.807) is 24.5 Å². The lowest BCUT2D eigenvalue weighted by Gasteiger charge is -2.06. The number of rotatable bonds is 6. The molecule has 0 saturated carbocycles. The Morgan fingerprint density at radius 2 is 2.10 bits per heavy atom. The van der Waals surface area contributed by atoms with Gasteiger partial charge in [0.1, 0.15) is 15.7 Å². The average Bonchev–Trinajstić information content (AvgIpc) is 3.25. The van der Waals surface area contributed by atoms with E-state index in [1.807, 2.05) is 30.3 Å². The molecule has 1 saturated heterocycles. The van der Waals surface area contributed by atoms with Crippen molar-refractivity contribution in [2.24, 2.45) is 0 Å². The Balaban J connectivity index is 1.44. The minimum Gasteiger partial charge on any atom is -0.456 e. The molecule has 29 heavy (non-hydrogen) atoms. The highest BCUT2D eigenvalue weighted by Crippen LogP contribution is 2.29. The third kappa shape index (κ3) is 4.72. The van der Waals surface area contributed by atoms with Crippen LogP contribution < -0.4 is 10.6 Å². The fourth-order valence-electron chi connectivity index (χ4n) is 3.01. The molecule has 3 aromatic rings. The Bertz CT molecular complexity index is 1120. The minimum absolute atomic E-state index is 0.0948. The van der Waals surface area contributed by atoms with Crippen LogP contribution in [0.3, 0.4) is 0 Å². The standard InChI is InChI=1S/C21H17N3O3S2/c25-18(23-7-6-13-4-2-1-3-5-13)9-15-12-22-11-14-8-16(27-19(14)15)10-17-20(26)24-21(28)29-17/h1-5,8,10-12H,6-7,9H2,(H,23,25)(H,24,26,28)/b17-10-. The smallest absolute Gasteiger partial charge is 0.263 e. The van der Waals surface area contributed by atoms with E-state index in [0.717, 1.165) is 11.8 Å². The number of hydrogen-bond acceptors (Lipinski definition) is 6. The van der Waals surface area contributed by atoms with E-state index in [-0.39, 0.29) is 18.2 Å². The van der Waals surface area contributed by atoms with Crippen molar-refractivity contribution in [1.82, 2.24) is 15.6 Å². The maximum absolute atomic E-state index is 12.3. The van der Waals surface area contributed by atoms with Gasteiger partial charge in [-0.1, -0.05) is 54.3 Å². The zero-order valence-electron chi connectivity index (χ0n) is 15.3. The van der Waals surface area contributed by atoms with Crippen LogP contribution in [-0.4, -0.2) is 27.7 Å². The van der Waals surface area contributed by atoms with Crippen molar-refractivity contribution >= 4 is 57.2 Å². The van der Waals surface area contributed by atoms with Crippen molar-refractivity contribution in [3.05, 3.63) is 70.6 Å². The number of nitrogens with zero attached hydrogens (tertiary/aromatic N) is 1. The first-order valence-electron chi connectivity index (χ1n) is 9.00. The molecule has 0 radical (unpaired) electrons. The summed E-state index contributed by atoms with van der Waals surface area (Å²) < 4.78 is 6.31. The van der Waals surface area contributed by atoms with Crippen LogP contribution in [0.1, 0.15) is 16.9 Å². The first-order chi connectivity index (χ1) is 14.1. The van der Waals surface area contributed by atoms with Gasteiger partial charge in [0.25, 0.3) is 5.91 Å². The summed E-state index contributed by atoms with van der Waals surface area (Å²) in [6, 6.07) is 11.8. The summed E-state index contributed by atoms with van der Waals surface area (Å²) in [5, 5.41) is 6.27. The number of nitrogens with one attached hydrogen (secondary N) is 2. The molecular formula is C21H17N3O3S2. The third-order valence-electron chi connectivity index (χ3n) is 4.36. The fraction of sp³-hybridized carbons (Fsp3) is 0.143. The predicted molar refractivity (Wildman–Crippen MR) is 117 cm³/mol. The summed E-state index contributed by atoms with van der Waals surface area (Å²) in [5.74, 6) is 0.181. The second-order valence-corrected chi connectivity index (χ2v) is 8.20. The van der Waals surface area contributed by atoms with Crippen molar-refractivity contribution in [3.8, 4) is 0 Å². The van der Waals surface area contributed by atoms with Crippen molar-refractivity contribution in [1.29, 1.82) is 0 Å². The van der Waals surface area contributed by atoms with Gasteiger partial charge >= 0.3 is 0 Å². The quantitative estimate of drug-likeness (QED) is 0.468. The Labute approximate surface area is 176 Å². The predicted octanol–water partition coefficient (Wildman–Crippen LogP) is 3.22. The maximum Gasteiger partial charge on any atom is 0.263 e. The highest BCUT2D eigenvalue weighted by Gasteiger charge is 2.23. The monoisotopic (exact) mass is 423 g/mol. The zero-order valence-corrected chi connectivity index (χ0v) is 16.9. The van der Waals surface area contributed by atoms with E-state index in [9.17, 15) is 9.59 Å². The SMILES string of the molecule is O=C(Cc1cncc2cc(/C=C3\SC(=S)NC3=O)oc12)NCCc1ccccc1. The molecular weight excluding hydrogens is 406 g/mol. The van der Waals surface area contributed by atoms with Crippen LogP contribution in [0.5, 0.6) is 0 Å². The van der Waals surface area contributed by atoms with E-state index in [2.05, 4.69) is 15.6 Å². The van der Waals surface area contributed by atoms with Gasteiger partial charge in [-0.2, -0.15) is 0 Å². The van der Waals surface area contributed by atoms with E-state index in [1.165, 1.54) is 17.3 Å². The number of furan rings is 1. The number of carbonyl (C=O) groups excluding carboxylic acids is 2. The Morgan fingerprint density at radius 1 is 1.28 bits per heavy atom. The average molecular weight is 424 g/mol. The number of benzene rings is 1. The number of pyridine rings is 1. The maximum atomic E-state index is 12.3. The Kier molecular flexibility index (Phi) is 5.73. The Morgan fingerprint density at radius 3 is 2.86 bits per heavy atom. The van der Waals surface area contributed by atoms with Crippen LogP contribution in [0.2, 0.25) is 0 Å². The summed E-state index contributed by atoms with van der Waals surface area (Å²) in [7, 11) is 0. The number of fused-ring (bicyclic) bond motifs is 1. The molecule has 6 nitrogen and oxygen atoms in total. The van der Waals surface area contributed by atoms with Gasteiger partial charge in [0.15, 0.2) is 0 Å². The minimum atomic E-state index is -0.239. The third-order valence-corrected chi connectivity index (χ3v) is 5.52. The topological polar surface area (TPSA) is 84.2 Å². The number of carbonyl (C=O) groups is 2. The van der Waals surface area contributed by atoms with Gasteiger partial charge in [0.05, 0.1) is 11.3 Å². The van der Waals surface area contributed by atoms with Crippen LogP contribution >= 0.6 is 24.0 Å². The molecule has 1 fully saturated rings. The van der Waals surface area contributed by atoms with Gasteiger partial charge in [0, 0.05) is 36.0 Å². The molecule has 2 N–H and O–H groups in total. The van der Waals surface area contributed by atoms with E-state index in [0.29, 0.717) is 32.7 Å². The van der Waals surface area contributed by atoms with Crippen LogP contribution in [0, 0.1) is 0 Å². The molecule has 0 atom stereocenters. The van der Waals surface area contributed by atoms with Crippen molar-refractivity contribution in [2.75, 3.05) is 6.54 Å². The van der Waals surface area contributed by atoms with Gasteiger partial charge in [-0.15, -0.1) is 0 Å². The summed E-state index contributed by atoms with van der Waals surface area (Å²) in [4.78, 5) is 28.8. The number of thiocarbonyl (C=S) groups is 1. The molecule has 0 bridgehead atoms. The lowest BCUT2D eigenvalue weighted by molar-refractivity contribution is -0.120.